The van der Waals surface area contributed by atoms with Gasteiger partial charge in [0.25, 0.3) is 0 Å². The summed E-state index contributed by atoms with van der Waals surface area (Å²) in [6, 6.07) is 10.4. The number of hydrogen-bond donors (Lipinski definition) is 2. The SMILES string of the molecule is Cc1nccn1CC1=Cc2cc(Cl)ccc2C(C2CCN(C(=O)Nc3ccc(C(F)(F)F)cc3)CC2)C2NC=CC=C12. The first-order chi connectivity index (χ1) is 20.2. The standard InChI is InChI=1S/C32H31ClF3N5O/c1-20-37-13-16-41(20)19-23-17-22-18-25(33)6-9-27(22)29(30-28(23)3-2-12-38-30)21-10-14-40(15-11-21)31(42)39-26-7-4-24(5-8-26)32(34,35)36/h2-9,12-13,16-18,21,29-30,38H,10-11,14-15,19H2,1H3,(H,39,42). The highest BCUT2D eigenvalue weighted by Crippen LogP contribution is 2.45. The zero-order chi connectivity index (χ0) is 29.4. The lowest BCUT2D eigenvalue weighted by atomic mass is 9.73. The summed E-state index contributed by atoms with van der Waals surface area (Å²) in [5.41, 5.74) is 4.33. The number of amides is 2. The molecule has 3 aliphatic rings. The highest BCUT2D eigenvalue weighted by Gasteiger charge is 2.39. The number of aryl methyl sites for hydroxylation is 1. The topological polar surface area (TPSA) is 62.2 Å². The van der Waals surface area contributed by atoms with Gasteiger partial charge in [0.1, 0.15) is 5.82 Å². The third-order valence-corrected chi connectivity index (χ3v) is 8.75. The summed E-state index contributed by atoms with van der Waals surface area (Å²) in [6.45, 7) is 3.78. The molecule has 6 nitrogen and oxygen atoms in total. The lowest BCUT2D eigenvalue weighted by molar-refractivity contribution is -0.137. The molecule has 0 radical (unpaired) electrons. The number of halogens is 4. The van der Waals surface area contributed by atoms with Crippen LogP contribution in [0.25, 0.3) is 6.08 Å². The molecule has 6 rings (SSSR count). The quantitative estimate of drug-likeness (QED) is 0.331. The zero-order valence-electron chi connectivity index (χ0n) is 23.0. The average Bonchev–Trinajstić information content (AvgIpc) is 3.32. The van der Waals surface area contributed by atoms with E-state index < -0.39 is 11.7 Å². The van der Waals surface area contributed by atoms with Crippen LogP contribution in [0.15, 0.2) is 84.4 Å². The van der Waals surface area contributed by atoms with Gasteiger partial charge in [-0.3, -0.25) is 0 Å². The van der Waals surface area contributed by atoms with Crippen LogP contribution in [0.1, 0.15) is 41.3 Å². The number of carbonyl (C=O) groups excluding carboxylic acids is 1. The Morgan fingerprint density at radius 2 is 1.90 bits per heavy atom. The molecule has 3 aromatic rings. The van der Waals surface area contributed by atoms with Gasteiger partial charge in [-0.1, -0.05) is 23.7 Å². The van der Waals surface area contributed by atoms with Crippen molar-refractivity contribution in [3.63, 3.8) is 0 Å². The molecule has 0 saturated carbocycles. The molecule has 1 aliphatic carbocycles. The summed E-state index contributed by atoms with van der Waals surface area (Å²) in [6.07, 6.45) is 9.43. The van der Waals surface area contributed by atoms with Crippen LogP contribution >= 0.6 is 11.6 Å². The van der Waals surface area contributed by atoms with Crippen molar-refractivity contribution in [3.8, 4) is 0 Å². The average molecular weight is 594 g/mol. The number of anilines is 1. The number of fused-ring (bicyclic) bond motifs is 2. The summed E-state index contributed by atoms with van der Waals surface area (Å²) in [5.74, 6) is 1.38. The fourth-order valence-corrected chi connectivity index (χ4v) is 6.54. The number of benzene rings is 2. The molecular weight excluding hydrogens is 563 g/mol. The lowest BCUT2D eigenvalue weighted by Crippen LogP contribution is -2.45. The number of allylic oxidation sites excluding steroid dienone is 2. The number of carbonyl (C=O) groups is 1. The number of piperidine rings is 1. The van der Waals surface area contributed by atoms with Crippen molar-refractivity contribution in [1.82, 2.24) is 19.8 Å². The molecule has 1 aromatic heterocycles. The lowest BCUT2D eigenvalue weighted by Gasteiger charge is -2.41. The molecule has 2 aromatic carbocycles. The maximum absolute atomic E-state index is 13.0. The van der Waals surface area contributed by atoms with E-state index in [9.17, 15) is 18.0 Å². The Labute approximate surface area is 247 Å². The van der Waals surface area contributed by atoms with Crippen LogP contribution < -0.4 is 10.6 Å². The van der Waals surface area contributed by atoms with E-state index in [1.54, 1.807) is 4.90 Å². The smallest absolute Gasteiger partial charge is 0.383 e. The van der Waals surface area contributed by atoms with Crippen LogP contribution in [0.4, 0.5) is 23.7 Å². The number of likely N-dealkylation sites (tertiary alicyclic amines) is 1. The molecule has 42 heavy (non-hydrogen) atoms. The van der Waals surface area contributed by atoms with Crippen molar-refractivity contribution >= 4 is 29.4 Å². The molecule has 0 spiro atoms. The monoisotopic (exact) mass is 593 g/mol. The maximum Gasteiger partial charge on any atom is 0.416 e. The fourth-order valence-electron chi connectivity index (χ4n) is 6.36. The molecule has 2 aliphatic heterocycles. The van der Waals surface area contributed by atoms with Crippen LogP contribution in [0.5, 0.6) is 0 Å². The zero-order valence-corrected chi connectivity index (χ0v) is 23.8. The molecule has 3 heterocycles. The Morgan fingerprint density at radius 3 is 2.60 bits per heavy atom. The third kappa shape index (κ3) is 5.70. The maximum atomic E-state index is 13.0. The van der Waals surface area contributed by atoms with Crippen molar-refractivity contribution in [2.45, 2.75) is 44.4 Å². The molecule has 2 amide bonds. The number of aromatic nitrogens is 2. The van der Waals surface area contributed by atoms with E-state index >= 15 is 0 Å². The number of nitrogens with zero attached hydrogens (tertiary/aromatic N) is 3. The summed E-state index contributed by atoms with van der Waals surface area (Å²) in [7, 11) is 0. The van der Waals surface area contributed by atoms with E-state index in [-0.39, 0.29) is 23.9 Å². The molecule has 218 valence electrons. The van der Waals surface area contributed by atoms with Crippen LogP contribution in [0, 0.1) is 12.8 Å². The Morgan fingerprint density at radius 1 is 1.14 bits per heavy atom. The normalized spacial score (nSPS) is 20.5. The minimum atomic E-state index is -4.42. The van der Waals surface area contributed by atoms with Crippen molar-refractivity contribution < 1.29 is 18.0 Å². The Hall–Kier alpha value is -3.98. The molecule has 2 unspecified atom stereocenters. The summed E-state index contributed by atoms with van der Waals surface area (Å²) in [4.78, 5) is 19.1. The van der Waals surface area contributed by atoms with Crippen molar-refractivity contribution in [2.75, 3.05) is 18.4 Å². The highest BCUT2D eigenvalue weighted by atomic mass is 35.5. The first-order valence-electron chi connectivity index (χ1n) is 14.0. The molecule has 1 fully saturated rings. The Kier molecular flexibility index (Phi) is 7.62. The first-order valence-corrected chi connectivity index (χ1v) is 14.4. The minimum absolute atomic E-state index is 0.0463. The van der Waals surface area contributed by atoms with Crippen LogP contribution in [0.3, 0.4) is 0 Å². The van der Waals surface area contributed by atoms with Crippen molar-refractivity contribution in [3.05, 3.63) is 112 Å². The number of nitrogens with one attached hydrogen (secondary N) is 2. The second kappa shape index (κ2) is 11.4. The van der Waals surface area contributed by atoms with E-state index in [4.69, 9.17) is 11.6 Å². The van der Waals surface area contributed by atoms with Gasteiger partial charge < -0.3 is 20.1 Å². The summed E-state index contributed by atoms with van der Waals surface area (Å²) in [5, 5.41) is 7.08. The van der Waals surface area contributed by atoms with Gasteiger partial charge in [0.05, 0.1) is 11.6 Å². The third-order valence-electron chi connectivity index (χ3n) is 8.51. The van der Waals surface area contributed by atoms with Gasteiger partial charge in [-0.15, -0.1) is 0 Å². The van der Waals surface area contributed by atoms with Gasteiger partial charge in [-0.25, -0.2) is 9.78 Å². The summed E-state index contributed by atoms with van der Waals surface area (Å²) >= 11 is 6.49. The Bertz CT molecular complexity index is 1570. The molecule has 1 saturated heterocycles. The molecule has 2 atom stereocenters. The van der Waals surface area contributed by atoms with Crippen LogP contribution in [-0.4, -0.2) is 39.6 Å². The second-order valence-corrected chi connectivity index (χ2v) is 11.5. The van der Waals surface area contributed by atoms with Crippen LogP contribution in [0.2, 0.25) is 5.02 Å². The number of hydrogen-bond acceptors (Lipinski definition) is 3. The van der Waals surface area contributed by atoms with Gasteiger partial charge in [0.15, 0.2) is 0 Å². The molecule has 0 bridgehead atoms. The number of imidazole rings is 1. The Balaban J connectivity index is 1.21. The van der Waals surface area contributed by atoms with Gasteiger partial charge in [0, 0.05) is 48.7 Å². The highest BCUT2D eigenvalue weighted by molar-refractivity contribution is 6.30. The minimum Gasteiger partial charge on any atom is -0.383 e. The van der Waals surface area contributed by atoms with Crippen molar-refractivity contribution in [2.24, 2.45) is 5.92 Å². The van der Waals surface area contributed by atoms with E-state index in [0.717, 1.165) is 36.4 Å². The summed E-state index contributed by atoms with van der Waals surface area (Å²) < 4.78 is 40.9. The number of alkyl halides is 3. The largest absolute Gasteiger partial charge is 0.416 e. The number of rotatable bonds is 4. The van der Waals surface area contributed by atoms with Crippen LogP contribution in [-0.2, 0) is 12.7 Å². The van der Waals surface area contributed by atoms with Gasteiger partial charge >= 0.3 is 12.2 Å². The fraction of sp³-hybridized carbons (Fsp3) is 0.312. The van der Waals surface area contributed by atoms with Gasteiger partial charge in [-0.2, -0.15) is 13.2 Å². The first kappa shape index (κ1) is 28.2. The van der Waals surface area contributed by atoms with Gasteiger partial charge in [0.2, 0.25) is 0 Å². The predicted octanol–water partition coefficient (Wildman–Crippen LogP) is 7.40. The second-order valence-electron chi connectivity index (χ2n) is 11.0. The molecule has 10 heteroatoms. The predicted molar refractivity (Wildman–Crippen MR) is 158 cm³/mol. The molecular formula is C32H31ClF3N5O. The van der Waals surface area contributed by atoms with E-state index in [2.05, 4.69) is 38.4 Å². The van der Waals surface area contributed by atoms with Gasteiger partial charge in [-0.05, 0) is 103 Å². The molecule has 2 N–H and O–H groups in total. The number of dihydropyridines is 1. The van der Waals surface area contributed by atoms with E-state index in [0.29, 0.717) is 30.3 Å². The number of urea groups is 1. The van der Waals surface area contributed by atoms with Crippen molar-refractivity contribution in [1.29, 1.82) is 0 Å². The van der Waals surface area contributed by atoms with E-state index in [1.807, 2.05) is 43.7 Å². The van der Waals surface area contributed by atoms with E-state index in [1.165, 1.54) is 28.8 Å².